The first kappa shape index (κ1) is 9.19. The van der Waals surface area contributed by atoms with E-state index in [1.165, 1.54) is 6.07 Å². The zero-order valence-electron chi connectivity index (χ0n) is 5.90. The van der Waals surface area contributed by atoms with Gasteiger partial charge in [-0.05, 0) is 40.6 Å². The van der Waals surface area contributed by atoms with E-state index in [0.717, 1.165) is 21.6 Å². The van der Waals surface area contributed by atoms with Crippen molar-refractivity contribution < 1.29 is 4.39 Å². The van der Waals surface area contributed by atoms with Crippen LogP contribution in [0.25, 0.3) is 0 Å². The van der Waals surface area contributed by atoms with Crippen LogP contribution in [0.15, 0.2) is 18.2 Å². The molecule has 0 fully saturated rings. The quantitative estimate of drug-likeness (QED) is 0.575. The topological polar surface area (TPSA) is 0 Å². The molecule has 11 heavy (non-hydrogen) atoms. The molecular formula is C8H7FISi. The Kier molecular flexibility index (Phi) is 3.51. The summed E-state index contributed by atoms with van der Waals surface area (Å²) in [5.74, 6) is -0.122. The Balaban J connectivity index is 2.96. The fraction of sp³-hybridized carbons (Fsp3) is 0.250. The van der Waals surface area contributed by atoms with Crippen LogP contribution in [0.3, 0.4) is 0 Å². The molecule has 0 aromatic heterocycles. The zero-order valence-corrected chi connectivity index (χ0v) is 9.06. The third-order valence-electron chi connectivity index (χ3n) is 1.43. The van der Waals surface area contributed by atoms with Gasteiger partial charge in [-0.25, -0.2) is 4.39 Å². The summed E-state index contributed by atoms with van der Waals surface area (Å²) in [6.45, 7) is 0. The highest BCUT2D eigenvalue weighted by atomic mass is 127. The molecule has 0 heterocycles. The number of hydrogen-bond acceptors (Lipinski definition) is 0. The highest BCUT2D eigenvalue weighted by molar-refractivity contribution is 14.1. The van der Waals surface area contributed by atoms with Crippen molar-refractivity contribution in [1.82, 2.24) is 0 Å². The van der Waals surface area contributed by atoms with E-state index >= 15 is 0 Å². The lowest BCUT2D eigenvalue weighted by Gasteiger charge is -2.01. The minimum atomic E-state index is -0.122. The monoisotopic (exact) mass is 277 g/mol. The first-order valence-corrected chi connectivity index (χ1v) is 5.11. The Morgan fingerprint density at radius 2 is 2.18 bits per heavy atom. The fourth-order valence-electron chi connectivity index (χ4n) is 0.876. The lowest BCUT2D eigenvalue weighted by molar-refractivity contribution is 0.617. The fourth-order valence-corrected chi connectivity index (χ4v) is 1.77. The molecule has 3 radical (unpaired) electrons. The molecule has 0 saturated carbocycles. The summed E-state index contributed by atoms with van der Waals surface area (Å²) < 4.78 is 13.6. The predicted molar refractivity (Wildman–Crippen MR) is 53.4 cm³/mol. The highest BCUT2D eigenvalue weighted by Crippen LogP contribution is 2.16. The molecule has 0 bridgehead atoms. The second-order valence-corrected chi connectivity index (χ2v) is 3.79. The van der Waals surface area contributed by atoms with Crippen molar-refractivity contribution in [1.29, 1.82) is 0 Å². The summed E-state index contributed by atoms with van der Waals surface area (Å²) in [6, 6.07) is 6.05. The van der Waals surface area contributed by atoms with E-state index < -0.39 is 0 Å². The molecule has 0 spiro atoms. The van der Waals surface area contributed by atoms with E-state index in [4.69, 9.17) is 0 Å². The molecule has 0 amide bonds. The molecule has 0 aliphatic rings. The maximum absolute atomic E-state index is 12.9. The minimum Gasteiger partial charge on any atom is -0.206 e. The standard InChI is InChI=1S/C8H7FISi/c9-7-3-1-2-6(4-5-11)8(7)10/h1-3H,4-5H2. The summed E-state index contributed by atoms with van der Waals surface area (Å²) >= 11 is 2.03. The maximum atomic E-state index is 12.9. The van der Waals surface area contributed by atoms with Gasteiger partial charge in [0.25, 0.3) is 0 Å². The summed E-state index contributed by atoms with van der Waals surface area (Å²) in [5.41, 5.74) is 1.07. The number of rotatable bonds is 2. The zero-order chi connectivity index (χ0) is 8.27. The van der Waals surface area contributed by atoms with Gasteiger partial charge in [0.2, 0.25) is 0 Å². The number of benzene rings is 1. The largest absolute Gasteiger partial charge is 0.206 e. The van der Waals surface area contributed by atoms with Crippen LogP contribution in [0.2, 0.25) is 6.04 Å². The van der Waals surface area contributed by atoms with Gasteiger partial charge in [0.1, 0.15) is 5.82 Å². The average Bonchev–Trinajstić information content (AvgIpc) is 1.99. The van der Waals surface area contributed by atoms with Crippen LogP contribution >= 0.6 is 22.6 Å². The van der Waals surface area contributed by atoms with E-state index in [1.807, 2.05) is 28.7 Å². The molecule has 57 valence electrons. The Hall–Kier alpha value is 0.0969. The van der Waals surface area contributed by atoms with Crippen molar-refractivity contribution in [3.05, 3.63) is 33.1 Å². The van der Waals surface area contributed by atoms with Gasteiger partial charge in [-0.1, -0.05) is 18.2 Å². The summed E-state index contributed by atoms with van der Waals surface area (Å²) in [4.78, 5) is 0. The molecule has 3 heteroatoms. The molecule has 1 rings (SSSR count). The van der Waals surface area contributed by atoms with Crippen molar-refractivity contribution in [2.45, 2.75) is 12.5 Å². The predicted octanol–water partition coefficient (Wildman–Crippen LogP) is 2.56. The van der Waals surface area contributed by atoms with Crippen molar-refractivity contribution in [2.75, 3.05) is 0 Å². The van der Waals surface area contributed by atoms with Gasteiger partial charge in [-0.3, -0.25) is 0 Å². The van der Waals surface area contributed by atoms with Crippen molar-refractivity contribution in [3.8, 4) is 0 Å². The third kappa shape index (κ3) is 2.26. The molecule has 0 aliphatic heterocycles. The van der Waals surface area contributed by atoms with E-state index in [1.54, 1.807) is 6.07 Å². The summed E-state index contributed by atoms with van der Waals surface area (Å²) in [5, 5.41) is 0. The van der Waals surface area contributed by atoms with Gasteiger partial charge in [0.15, 0.2) is 0 Å². The Bertz CT molecular complexity index is 250. The molecular weight excluding hydrogens is 270 g/mol. The van der Waals surface area contributed by atoms with Gasteiger partial charge >= 0.3 is 0 Å². The Labute approximate surface area is 82.8 Å². The van der Waals surface area contributed by atoms with E-state index in [2.05, 4.69) is 10.2 Å². The van der Waals surface area contributed by atoms with Crippen molar-refractivity contribution in [3.63, 3.8) is 0 Å². The van der Waals surface area contributed by atoms with Gasteiger partial charge in [-0.2, -0.15) is 0 Å². The summed E-state index contributed by atoms with van der Waals surface area (Å²) in [6.07, 6.45) is 0.882. The molecule has 1 aromatic rings. The lowest BCUT2D eigenvalue weighted by atomic mass is 10.2. The smallest absolute Gasteiger partial charge is 0.136 e. The van der Waals surface area contributed by atoms with Crippen LogP contribution < -0.4 is 0 Å². The van der Waals surface area contributed by atoms with Gasteiger partial charge in [0, 0.05) is 10.2 Å². The van der Waals surface area contributed by atoms with Crippen molar-refractivity contribution in [2.24, 2.45) is 0 Å². The molecule has 0 saturated heterocycles. The van der Waals surface area contributed by atoms with E-state index in [0.29, 0.717) is 0 Å². The number of halogens is 2. The maximum Gasteiger partial charge on any atom is 0.136 e. The molecule has 0 nitrogen and oxygen atoms in total. The van der Waals surface area contributed by atoms with Crippen LogP contribution in [-0.2, 0) is 6.42 Å². The first-order chi connectivity index (χ1) is 5.25. The average molecular weight is 277 g/mol. The molecule has 0 unspecified atom stereocenters. The third-order valence-corrected chi connectivity index (χ3v) is 2.88. The van der Waals surface area contributed by atoms with E-state index in [9.17, 15) is 4.39 Å². The van der Waals surface area contributed by atoms with Crippen LogP contribution in [0.5, 0.6) is 0 Å². The van der Waals surface area contributed by atoms with Gasteiger partial charge in [-0.15, -0.1) is 0 Å². The summed E-state index contributed by atoms with van der Waals surface area (Å²) in [7, 11) is 3.36. The minimum absolute atomic E-state index is 0.122. The highest BCUT2D eigenvalue weighted by Gasteiger charge is 2.02. The van der Waals surface area contributed by atoms with Gasteiger partial charge < -0.3 is 0 Å². The molecule has 0 atom stereocenters. The Morgan fingerprint density at radius 3 is 2.82 bits per heavy atom. The number of aryl methyl sites for hydroxylation is 1. The Morgan fingerprint density at radius 1 is 1.45 bits per heavy atom. The SMILES string of the molecule is Fc1cccc(CC[Si])c1I. The van der Waals surface area contributed by atoms with Crippen LogP contribution in [0.1, 0.15) is 5.56 Å². The first-order valence-electron chi connectivity index (χ1n) is 3.33. The molecule has 0 aliphatic carbocycles. The van der Waals surface area contributed by atoms with Crippen LogP contribution in [0, 0.1) is 9.39 Å². The molecule has 1 aromatic carbocycles. The van der Waals surface area contributed by atoms with Crippen molar-refractivity contribution >= 4 is 32.8 Å². The van der Waals surface area contributed by atoms with Crippen LogP contribution in [0.4, 0.5) is 4.39 Å². The van der Waals surface area contributed by atoms with E-state index in [-0.39, 0.29) is 5.82 Å². The second-order valence-electron chi connectivity index (χ2n) is 2.21. The normalized spacial score (nSPS) is 10.1. The van der Waals surface area contributed by atoms with Gasteiger partial charge in [0.05, 0.1) is 3.57 Å². The number of hydrogen-bond donors (Lipinski definition) is 0. The molecule has 0 N–H and O–H groups in total. The lowest BCUT2D eigenvalue weighted by Crippen LogP contribution is -1.91. The van der Waals surface area contributed by atoms with Crippen LogP contribution in [-0.4, -0.2) is 10.2 Å². The second kappa shape index (κ2) is 4.20.